The predicted octanol–water partition coefficient (Wildman–Crippen LogP) is 7.53. The van der Waals surface area contributed by atoms with E-state index in [1.54, 1.807) is 25.1 Å². The molecule has 2 fully saturated rings. The summed E-state index contributed by atoms with van der Waals surface area (Å²) in [7, 11) is 0. The van der Waals surface area contributed by atoms with Crippen LogP contribution < -0.4 is 4.74 Å². The summed E-state index contributed by atoms with van der Waals surface area (Å²) in [5.41, 5.74) is 0.524. The molecule has 1 nitrogen and oxygen atoms in total. The van der Waals surface area contributed by atoms with Crippen molar-refractivity contribution < 1.29 is 13.5 Å². The highest BCUT2D eigenvalue weighted by molar-refractivity contribution is 5.33. The fourth-order valence-corrected chi connectivity index (χ4v) is 5.08. The van der Waals surface area contributed by atoms with Crippen LogP contribution in [-0.2, 0) is 0 Å². The number of rotatable bonds is 5. The Bertz CT molecular complexity index is 663. The zero-order valence-electron chi connectivity index (χ0n) is 16.6. The molecule has 2 saturated carbocycles. The lowest BCUT2D eigenvalue weighted by Gasteiger charge is -2.37. The highest BCUT2D eigenvalue weighted by Crippen LogP contribution is 2.45. The molecule has 1 aromatic carbocycles. The van der Waals surface area contributed by atoms with Crippen molar-refractivity contribution >= 4 is 0 Å². The number of ether oxygens (including phenoxy) is 1. The van der Waals surface area contributed by atoms with Crippen LogP contribution in [0.4, 0.5) is 8.78 Å². The molecule has 0 unspecified atom stereocenters. The molecule has 2 aliphatic rings. The molecule has 1 aromatic rings. The minimum absolute atomic E-state index is 0.0408. The summed E-state index contributed by atoms with van der Waals surface area (Å²) in [6, 6.07) is 3.27. The zero-order chi connectivity index (χ0) is 19.2. The second kappa shape index (κ2) is 9.52. The van der Waals surface area contributed by atoms with Gasteiger partial charge in [-0.3, -0.25) is 0 Å². The van der Waals surface area contributed by atoms with Crippen molar-refractivity contribution in [3.63, 3.8) is 0 Å². The van der Waals surface area contributed by atoms with E-state index in [1.807, 2.05) is 0 Å². The standard InChI is InChI=1S/C24H32F2O/c1-3-5-17-6-8-18(9-7-17)19-10-12-20(13-11-19)21-14-15-22(27-16-4-2)24(26)23(21)25/h3-5,14-20H,6-13H2,1-2H3. The van der Waals surface area contributed by atoms with Gasteiger partial charge in [0, 0.05) is 0 Å². The van der Waals surface area contributed by atoms with Gasteiger partial charge < -0.3 is 4.74 Å². The Hall–Kier alpha value is -1.64. The van der Waals surface area contributed by atoms with Gasteiger partial charge in [0.25, 0.3) is 0 Å². The van der Waals surface area contributed by atoms with E-state index in [1.165, 1.54) is 31.9 Å². The first kappa shape index (κ1) is 20.1. The summed E-state index contributed by atoms with van der Waals surface area (Å²) < 4.78 is 34.0. The van der Waals surface area contributed by atoms with Gasteiger partial charge in [-0.15, -0.1) is 0 Å². The summed E-state index contributed by atoms with van der Waals surface area (Å²) in [5, 5.41) is 0. The molecule has 0 spiro atoms. The Morgan fingerprint density at radius 3 is 2.04 bits per heavy atom. The third kappa shape index (κ3) is 4.80. The van der Waals surface area contributed by atoms with Gasteiger partial charge in [-0.05, 0) is 101 Å². The average molecular weight is 375 g/mol. The van der Waals surface area contributed by atoms with Gasteiger partial charge in [0.15, 0.2) is 11.6 Å². The molecule has 0 aromatic heterocycles. The fraction of sp³-hybridized carbons (Fsp3) is 0.583. The number of hydrogen-bond acceptors (Lipinski definition) is 1. The van der Waals surface area contributed by atoms with E-state index >= 15 is 0 Å². The maximum absolute atomic E-state index is 14.6. The van der Waals surface area contributed by atoms with Gasteiger partial charge in [0.1, 0.15) is 0 Å². The summed E-state index contributed by atoms with van der Waals surface area (Å²) >= 11 is 0. The van der Waals surface area contributed by atoms with Crippen molar-refractivity contribution in [2.45, 2.75) is 71.1 Å². The zero-order valence-corrected chi connectivity index (χ0v) is 16.6. The van der Waals surface area contributed by atoms with Gasteiger partial charge in [-0.1, -0.05) is 24.3 Å². The quantitative estimate of drug-likeness (QED) is 0.382. The predicted molar refractivity (Wildman–Crippen MR) is 107 cm³/mol. The van der Waals surface area contributed by atoms with E-state index in [0.29, 0.717) is 5.56 Å². The van der Waals surface area contributed by atoms with E-state index in [9.17, 15) is 8.78 Å². The number of benzene rings is 1. The fourth-order valence-electron chi connectivity index (χ4n) is 5.08. The Morgan fingerprint density at radius 1 is 0.815 bits per heavy atom. The van der Waals surface area contributed by atoms with E-state index in [-0.39, 0.29) is 11.7 Å². The Balaban J connectivity index is 1.57. The number of halogens is 2. The van der Waals surface area contributed by atoms with Crippen molar-refractivity contribution in [2.24, 2.45) is 17.8 Å². The average Bonchev–Trinajstić information content (AvgIpc) is 2.70. The van der Waals surface area contributed by atoms with E-state index < -0.39 is 11.6 Å². The van der Waals surface area contributed by atoms with Crippen LogP contribution in [0.2, 0.25) is 0 Å². The molecule has 3 heteroatoms. The molecule has 2 aliphatic carbocycles. The summed E-state index contributed by atoms with van der Waals surface area (Å²) in [5.74, 6) is 0.848. The Morgan fingerprint density at radius 2 is 1.44 bits per heavy atom. The van der Waals surface area contributed by atoms with Crippen molar-refractivity contribution in [3.05, 3.63) is 53.8 Å². The van der Waals surface area contributed by atoms with Crippen molar-refractivity contribution in [2.75, 3.05) is 0 Å². The van der Waals surface area contributed by atoms with Crippen LogP contribution in [0, 0.1) is 29.4 Å². The highest BCUT2D eigenvalue weighted by atomic mass is 19.2. The molecule has 0 atom stereocenters. The van der Waals surface area contributed by atoms with Crippen LogP contribution in [0.25, 0.3) is 0 Å². The second-order valence-corrected chi connectivity index (χ2v) is 8.18. The largest absolute Gasteiger partial charge is 0.462 e. The second-order valence-electron chi connectivity index (χ2n) is 8.18. The maximum Gasteiger partial charge on any atom is 0.201 e. The molecule has 0 radical (unpaired) electrons. The lowest BCUT2D eigenvalue weighted by Crippen LogP contribution is -2.25. The minimum Gasteiger partial charge on any atom is -0.462 e. The minimum atomic E-state index is -0.866. The molecule has 0 aliphatic heterocycles. The lowest BCUT2D eigenvalue weighted by molar-refractivity contribution is 0.170. The molecule has 0 N–H and O–H groups in total. The number of allylic oxidation sites excluding steroid dienone is 3. The molecule has 0 heterocycles. The molecule has 3 rings (SSSR count). The molecule has 0 saturated heterocycles. The normalized spacial score (nSPS) is 29.5. The first-order chi connectivity index (χ1) is 13.1. The maximum atomic E-state index is 14.6. The molecule has 0 amide bonds. The Kier molecular flexibility index (Phi) is 7.09. The van der Waals surface area contributed by atoms with Gasteiger partial charge in [-0.25, -0.2) is 4.39 Å². The molecule has 0 bridgehead atoms. The third-order valence-electron chi connectivity index (χ3n) is 6.57. The monoisotopic (exact) mass is 374 g/mol. The smallest absolute Gasteiger partial charge is 0.201 e. The van der Waals surface area contributed by atoms with Crippen molar-refractivity contribution in [1.29, 1.82) is 0 Å². The first-order valence-electron chi connectivity index (χ1n) is 10.5. The van der Waals surface area contributed by atoms with Gasteiger partial charge in [0.2, 0.25) is 5.82 Å². The summed E-state index contributed by atoms with van der Waals surface area (Å²) in [6.07, 6.45) is 17.0. The topological polar surface area (TPSA) is 9.23 Å². The van der Waals surface area contributed by atoms with Gasteiger partial charge in [-0.2, -0.15) is 4.39 Å². The van der Waals surface area contributed by atoms with E-state index in [4.69, 9.17) is 4.74 Å². The van der Waals surface area contributed by atoms with E-state index in [0.717, 1.165) is 43.4 Å². The van der Waals surface area contributed by atoms with Crippen molar-refractivity contribution in [1.82, 2.24) is 0 Å². The molecular weight excluding hydrogens is 342 g/mol. The highest BCUT2D eigenvalue weighted by Gasteiger charge is 2.32. The van der Waals surface area contributed by atoms with Crippen LogP contribution in [0.1, 0.15) is 76.7 Å². The van der Waals surface area contributed by atoms with Gasteiger partial charge >= 0.3 is 0 Å². The van der Waals surface area contributed by atoms with Crippen LogP contribution in [0.15, 0.2) is 36.6 Å². The SMILES string of the molecule is CC=COc1ccc(C2CCC(C3CCC(C=CC)CC3)CC2)c(F)c1F. The van der Waals surface area contributed by atoms with E-state index in [2.05, 4.69) is 19.1 Å². The van der Waals surface area contributed by atoms with Crippen LogP contribution in [0.3, 0.4) is 0 Å². The molecular formula is C24H32F2O. The lowest BCUT2D eigenvalue weighted by atomic mass is 9.68. The summed E-state index contributed by atoms with van der Waals surface area (Å²) in [6.45, 7) is 3.88. The van der Waals surface area contributed by atoms with Crippen molar-refractivity contribution in [3.8, 4) is 5.75 Å². The molecule has 27 heavy (non-hydrogen) atoms. The first-order valence-corrected chi connectivity index (χ1v) is 10.5. The van der Waals surface area contributed by atoms with Crippen LogP contribution in [-0.4, -0.2) is 0 Å². The third-order valence-corrected chi connectivity index (χ3v) is 6.57. The molecule has 148 valence electrons. The van der Waals surface area contributed by atoms with Crippen LogP contribution >= 0.6 is 0 Å². The number of hydrogen-bond donors (Lipinski definition) is 0. The Labute approximate surface area is 162 Å². The van der Waals surface area contributed by atoms with Gasteiger partial charge in [0.05, 0.1) is 6.26 Å². The van der Waals surface area contributed by atoms with Crippen LogP contribution in [0.5, 0.6) is 5.75 Å². The summed E-state index contributed by atoms with van der Waals surface area (Å²) in [4.78, 5) is 0.